The number of nitrogens with zero attached hydrogens (tertiary/aromatic N) is 1. The first-order valence-electron chi connectivity index (χ1n) is 6.41. The third-order valence-electron chi connectivity index (χ3n) is 3.45. The maximum absolute atomic E-state index is 12.2. The van der Waals surface area contributed by atoms with E-state index < -0.39 is 0 Å². The molecule has 0 bridgehead atoms. The Balaban J connectivity index is 2.15. The molecule has 2 aromatic rings. The van der Waals surface area contributed by atoms with Crippen molar-refractivity contribution in [2.45, 2.75) is 19.4 Å². The molecule has 0 fully saturated rings. The lowest BCUT2D eigenvalue weighted by molar-refractivity contribution is -0.130. The molecule has 1 amide bonds. The van der Waals surface area contributed by atoms with Crippen molar-refractivity contribution in [3.05, 3.63) is 48.0 Å². The first-order valence-corrected chi connectivity index (χ1v) is 7.53. The minimum absolute atomic E-state index is 0.155. The number of rotatable bonds is 4. The lowest BCUT2D eigenvalue weighted by Gasteiger charge is -2.23. The summed E-state index contributed by atoms with van der Waals surface area (Å²) in [6.07, 6.45) is 0.457. The van der Waals surface area contributed by atoms with Crippen LogP contribution in [0.5, 0.6) is 0 Å². The summed E-state index contributed by atoms with van der Waals surface area (Å²) in [5, 5.41) is 3.19. The van der Waals surface area contributed by atoms with Crippen molar-refractivity contribution in [3.8, 4) is 0 Å². The number of amides is 1. The van der Waals surface area contributed by atoms with E-state index in [-0.39, 0.29) is 11.9 Å². The standard InChI is InChI=1S/C16H18BrNO/c1-12(11-17)18(2)16(19)10-13-7-8-14-5-3-4-6-15(14)9-13/h3-9,12H,10-11H2,1-2H3. The summed E-state index contributed by atoms with van der Waals surface area (Å²) in [6.45, 7) is 2.03. The summed E-state index contributed by atoms with van der Waals surface area (Å²) in [7, 11) is 1.86. The molecule has 1 unspecified atom stereocenters. The van der Waals surface area contributed by atoms with Gasteiger partial charge in [0.15, 0.2) is 0 Å². The number of halogens is 1. The largest absolute Gasteiger partial charge is 0.342 e. The molecule has 3 heteroatoms. The third-order valence-corrected chi connectivity index (χ3v) is 4.38. The second kappa shape index (κ2) is 6.20. The average Bonchev–Trinajstić information content (AvgIpc) is 2.45. The van der Waals surface area contributed by atoms with Crippen LogP contribution in [0.3, 0.4) is 0 Å². The van der Waals surface area contributed by atoms with E-state index in [0.717, 1.165) is 10.9 Å². The second-order valence-corrected chi connectivity index (χ2v) is 5.51. The molecule has 2 rings (SSSR count). The van der Waals surface area contributed by atoms with Gasteiger partial charge in [-0.15, -0.1) is 0 Å². The van der Waals surface area contributed by atoms with E-state index in [1.165, 1.54) is 10.8 Å². The Kier molecular flexibility index (Phi) is 4.59. The topological polar surface area (TPSA) is 20.3 Å². The number of carbonyl (C=O) groups is 1. The number of hydrogen-bond donors (Lipinski definition) is 0. The molecular formula is C16H18BrNO. The van der Waals surface area contributed by atoms with Crippen molar-refractivity contribution in [1.82, 2.24) is 4.90 Å². The first-order chi connectivity index (χ1) is 9.11. The van der Waals surface area contributed by atoms with Crippen LogP contribution in [-0.2, 0) is 11.2 Å². The minimum atomic E-state index is 0.155. The van der Waals surface area contributed by atoms with Crippen molar-refractivity contribution < 1.29 is 4.79 Å². The number of carbonyl (C=O) groups excluding carboxylic acids is 1. The summed E-state index contributed by atoms with van der Waals surface area (Å²) >= 11 is 3.41. The summed E-state index contributed by atoms with van der Waals surface area (Å²) in [4.78, 5) is 13.9. The fourth-order valence-corrected chi connectivity index (χ4v) is 2.43. The minimum Gasteiger partial charge on any atom is -0.342 e. The highest BCUT2D eigenvalue weighted by atomic mass is 79.9. The number of hydrogen-bond acceptors (Lipinski definition) is 1. The maximum atomic E-state index is 12.2. The van der Waals surface area contributed by atoms with Gasteiger partial charge < -0.3 is 4.90 Å². The summed E-state index contributed by atoms with van der Waals surface area (Å²) in [6, 6.07) is 14.6. The molecule has 0 saturated carbocycles. The molecule has 0 radical (unpaired) electrons. The van der Waals surface area contributed by atoms with Gasteiger partial charge in [0.05, 0.1) is 6.42 Å². The molecule has 2 aromatic carbocycles. The molecular weight excluding hydrogens is 302 g/mol. The number of fused-ring (bicyclic) bond motifs is 1. The van der Waals surface area contributed by atoms with Crippen molar-refractivity contribution in [3.63, 3.8) is 0 Å². The number of alkyl halides is 1. The van der Waals surface area contributed by atoms with Gasteiger partial charge in [-0.25, -0.2) is 0 Å². The van der Waals surface area contributed by atoms with E-state index in [4.69, 9.17) is 0 Å². The predicted octanol–water partition coefficient (Wildman–Crippen LogP) is 3.62. The van der Waals surface area contributed by atoms with Crippen LogP contribution >= 0.6 is 15.9 Å². The Morgan fingerprint density at radius 3 is 2.58 bits per heavy atom. The van der Waals surface area contributed by atoms with Crippen LogP contribution < -0.4 is 0 Å². The Bertz CT molecular complexity index is 582. The quantitative estimate of drug-likeness (QED) is 0.788. The number of likely N-dealkylation sites (N-methyl/N-ethyl adjacent to an activating group) is 1. The zero-order valence-electron chi connectivity index (χ0n) is 11.3. The Hall–Kier alpha value is -1.35. The number of benzene rings is 2. The molecule has 0 aliphatic heterocycles. The average molecular weight is 320 g/mol. The molecule has 0 aliphatic rings. The van der Waals surface area contributed by atoms with E-state index in [0.29, 0.717) is 6.42 Å². The normalized spacial score (nSPS) is 12.4. The van der Waals surface area contributed by atoms with Crippen LogP contribution in [0, 0.1) is 0 Å². The monoisotopic (exact) mass is 319 g/mol. The Morgan fingerprint density at radius 1 is 1.21 bits per heavy atom. The van der Waals surface area contributed by atoms with Gasteiger partial charge in [0.1, 0.15) is 0 Å². The molecule has 100 valence electrons. The zero-order chi connectivity index (χ0) is 13.8. The predicted molar refractivity (Wildman–Crippen MR) is 83.7 cm³/mol. The van der Waals surface area contributed by atoms with Gasteiger partial charge in [-0.1, -0.05) is 58.4 Å². The van der Waals surface area contributed by atoms with Crippen LogP contribution in [0.1, 0.15) is 12.5 Å². The van der Waals surface area contributed by atoms with Crippen molar-refractivity contribution in [1.29, 1.82) is 0 Å². The highest BCUT2D eigenvalue weighted by Crippen LogP contribution is 2.16. The molecule has 0 spiro atoms. The van der Waals surface area contributed by atoms with Crippen LogP contribution in [0.4, 0.5) is 0 Å². The Morgan fingerprint density at radius 2 is 1.89 bits per heavy atom. The summed E-state index contributed by atoms with van der Waals surface area (Å²) < 4.78 is 0. The molecule has 0 aliphatic carbocycles. The molecule has 19 heavy (non-hydrogen) atoms. The van der Waals surface area contributed by atoms with E-state index in [2.05, 4.69) is 40.2 Å². The van der Waals surface area contributed by atoms with Crippen molar-refractivity contribution in [2.24, 2.45) is 0 Å². The fourth-order valence-electron chi connectivity index (χ4n) is 2.00. The van der Waals surface area contributed by atoms with Crippen molar-refractivity contribution in [2.75, 3.05) is 12.4 Å². The van der Waals surface area contributed by atoms with Crippen LogP contribution in [0.2, 0.25) is 0 Å². The molecule has 2 nitrogen and oxygen atoms in total. The molecule has 1 atom stereocenters. The van der Waals surface area contributed by atoms with Crippen LogP contribution in [0.15, 0.2) is 42.5 Å². The second-order valence-electron chi connectivity index (χ2n) is 4.87. The van der Waals surface area contributed by atoms with Gasteiger partial charge >= 0.3 is 0 Å². The van der Waals surface area contributed by atoms with E-state index in [1.54, 1.807) is 4.90 Å². The lowest BCUT2D eigenvalue weighted by Crippen LogP contribution is -2.37. The van der Waals surface area contributed by atoms with Gasteiger partial charge in [0.2, 0.25) is 5.91 Å². The first kappa shape index (κ1) is 14.1. The summed E-state index contributed by atoms with van der Waals surface area (Å²) in [5.74, 6) is 0.155. The van der Waals surface area contributed by atoms with Crippen LogP contribution in [0.25, 0.3) is 10.8 Å². The summed E-state index contributed by atoms with van der Waals surface area (Å²) in [5.41, 5.74) is 1.07. The van der Waals surface area contributed by atoms with Gasteiger partial charge in [-0.3, -0.25) is 4.79 Å². The molecule has 0 saturated heterocycles. The fraction of sp³-hybridized carbons (Fsp3) is 0.312. The van der Waals surface area contributed by atoms with E-state index in [1.807, 2.05) is 32.2 Å². The van der Waals surface area contributed by atoms with Crippen LogP contribution in [-0.4, -0.2) is 29.2 Å². The van der Waals surface area contributed by atoms with Gasteiger partial charge in [0.25, 0.3) is 0 Å². The van der Waals surface area contributed by atoms with Gasteiger partial charge in [-0.05, 0) is 23.3 Å². The lowest BCUT2D eigenvalue weighted by atomic mass is 10.0. The maximum Gasteiger partial charge on any atom is 0.226 e. The van der Waals surface area contributed by atoms with Crippen molar-refractivity contribution >= 4 is 32.6 Å². The highest BCUT2D eigenvalue weighted by molar-refractivity contribution is 9.09. The van der Waals surface area contributed by atoms with Gasteiger partial charge in [-0.2, -0.15) is 0 Å². The highest BCUT2D eigenvalue weighted by Gasteiger charge is 2.14. The molecule has 0 aromatic heterocycles. The van der Waals surface area contributed by atoms with Gasteiger partial charge in [0, 0.05) is 18.4 Å². The van der Waals surface area contributed by atoms with E-state index in [9.17, 15) is 4.79 Å². The zero-order valence-corrected chi connectivity index (χ0v) is 12.9. The molecule has 0 heterocycles. The SMILES string of the molecule is CC(CBr)N(C)C(=O)Cc1ccc2ccccc2c1. The Labute approximate surface area is 122 Å². The smallest absolute Gasteiger partial charge is 0.226 e. The molecule has 0 N–H and O–H groups in total. The third kappa shape index (κ3) is 3.35. The van der Waals surface area contributed by atoms with E-state index >= 15 is 0 Å².